The smallest absolute Gasteiger partial charge is 0.317 e. The first-order chi connectivity index (χ1) is 11.5. The first-order valence-corrected chi connectivity index (χ1v) is 8.25. The standard InChI is InChI=1S/C18H26N4O2/c1-14(23)12-21(3)18(24)19-11-7-8-16-13-22(20-15(16)2)17-9-5-4-6-10-17/h4-6,9-10,13-14,23H,7-8,11-12H2,1-3H3,(H,19,24). The third-order valence-corrected chi connectivity index (χ3v) is 3.81. The van der Waals surface area contributed by atoms with Gasteiger partial charge in [0, 0.05) is 26.3 Å². The molecule has 1 aromatic heterocycles. The molecule has 0 saturated carbocycles. The quantitative estimate of drug-likeness (QED) is 0.764. The van der Waals surface area contributed by atoms with Crippen molar-refractivity contribution in [2.45, 2.75) is 32.8 Å². The summed E-state index contributed by atoms with van der Waals surface area (Å²) in [7, 11) is 1.68. The molecule has 2 amide bonds. The Morgan fingerprint density at radius 2 is 2.08 bits per heavy atom. The van der Waals surface area contributed by atoms with Crippen LogP contribution in [-0.2, 0) is 6.42 Å². The number of nitrogens with zero attached hydrogens (tertiary/aromatic N) is 3. The Labute approximate surface area is 143 Å². The van der Waals surface area contributed by atoms with Gasteiger partial charge in [-0.05, 0) is 44.4 Å². The normalized spacial score (nSPS) is 12.0. The van der Waals surface area contributed by atoms with Gasteiger partial charge >= 0.3 is 6.03 Å². The molecule has 2 N–H and O–H groups in total. The topological polar surface area (TPSA) is 70.4 Å². The Bertz CT molecular complexity index is 652. The van der Waals surface area contributed by atoms with Crippen molar-refractivity contribution in [3.8, 4) is 5.69 Å². The molecule has 1 heterocycles. The zero-order valence-electron chi connectivity index (χ0n) is 14.6. The Morgan fingerprint density at radius 3 is 2.75 bits per heavy atom. The monoisotopic (exact) mass is 330 g/mol. The number of para-hydroxylation sites is 1. The summed E-state index contributed by atoms with van der Waals surface area (Å²) >= 11 is 0. The SMILES string of the molecule is Cc1nn(-c2ccccc2)cc1CCCNC(=O)N(C)CC(C)O. The van der Waals surface area contributed by atoms with E-state index in [4.69, 9.17) is 0 Å². The van der Waals surface area contributed by atoms with Crippen LogP contribution in [0.3, 0.4) is 0 Å². The Balaban J connectivity index is 1.81. The molecule has 24 heavy (non-hydrogen) atoms. The average Bonchev–Trinajstić information content (AvgIpc) is 2.92. The highest BCUT2D eigenvalue weighted by molar-refractivity contribution is 5.73. The third-order valence-electron chi connectivity index (χ3n) is 3.81. The minimum atomic E-state index is -0.521. The molecule has 0 aliphatic carbocycles. The molecule has 0 aliphatic heterocycles. The summed E-state index contributed by atoms with van der Waals surface area (Å²) in [6.45, 7) is 4.59. The van der Waals surface area contributed by atoms with Gasteiger partial charge in [0.15, 0.2) is 0 Å². The number of aromatic nitrogens is 2. The molecule has 2 rings (SSSR count). The van der Waals surface area contributed by atoms with Gasteiger partial charge in [0.1, 0.15) is 0 Å². The van der Waals surface area contributed by atoms with Gasteiger partial charge < -0.3 is 15.3 Å². The molecule has 0 radical (unpaired) electrons. The lowest BCUT2D eigenvalue weighted by molar-refractivity contribution is 0.144. The van der Waals surface area contributed by atoms with Crippen molar-refractivity contribution in [3.63, 3.8) is 0 Å². The molecule has 0 spiro atoms. The highest BCUT2D eigenvalue weighted by Crippen LogP contribution is 2.13. The van der Waals surface area contributed by atoms with Crippen LogP contribution in [0.2, 0.25) is 0 Å². The summed E-state index contributed by atoms with van der Waals surface area (Å²) in [5.41, 5.74) is 3.24. The van der Waals surface area contributed by atoms with Gasteiger partial charge in [0.25, 0.3) is 0 Å². The van der Waals surface area contributed by atoms with E-state index in [1.165, 1.54) is 10.5 Å². The summed E-state index contributed by atoms with van der Waals surface area (Å²) < 4.78 is 1.89. The summed E-state index contributed by atoms with van der Waals surface area (Å²) in [6, 6.07) is 9.85. The summed E-state index contributed by atoms with van der Waals surface area (Å²) in [6.07, 6.45) is 3.23. The van der Waals surface area contributed by atoms with Crippen LogP contribution in [0.15, 0.2) is 36.5 Å². The highest BCUT2D eigenvalue weighted by Gasteiger charge is 2.10. The molecule has 1 aromatic carbocycles. The van der Waals surface area contributed by atoms with Crippen molar-refractivity contribution in [2.75, 3.05) is 20.1 Å². The highest BCUT2D eigenvalue weighted by atomic mass is 16.3. The third kappa shape index (κ3) is 5.09. The lowest BCUT2D eigenvalue weighted by Crippen LogP contribution is -2.41. The Morgan fingerprint density at radius 1 is 1.38 bits per heavy atom. The number of nitrogens with one attached hydrogen (secondary N) is 1. The zero-order valence-corrected chi connectivity index (χ0v) is 14.6. The number of aliphatic hydroxyl groups excluding tert-OH is 1. The summed E-state index contributed by atoms with van der Waals surface area (Å²) in [4.78, 5) is 13.3. The van der Waals surface area contributed by atoms with Gasteiger partial charge in [-0.25, -0.2) is 9.48 Å². The fraction of sp³-hybridized carbons (Fsp3) is 0.444. The molecule has 1 unspecified atom stereocenters. The van der Waals surface area contributed by atoms with Crippen LogP contribution in [0.1, 0.15) is 24.6 Å². The predicted molar refractivity (Wildman–Crippen MR) is 94.3 cm³/mol. The van der Waals surface area contributed by atoms with E-state index in [1.807, 2.05) is 48.1 Å². The largest absolute Gasteiger partial charge is 0.392 e. The predicted octanol–water partition coefficient (Wildman–Crippen LogP) is 2.14. The van der Waals surface area contributed by atoms with Crippen LogP contribution in [0, 0.1) is 6.92 Å². The van der Waals surface area contributed by atoms with Gasteiger partial charge in [-0.2, -0.15) is 5.10 Å². The van der Waals surface area contributed by atoms with E-state index in [0.29, 0.717) is 13.1 Å². The van der Waals surface area contributed by atoms with Crippen molar-refractivity contribution in [1.29, 1.82) is 0 Å². The van der Waals surface area contributed by atoms with Crippen LogP contribution in [-0.4, -0.2) is 52.1 Å². The molecule has 1 atom stereocenters. The number of likely N-dealkylation sites (N-methyl/N-ethyl adjacent to an activating group) is 1. The molecule has 6 heteroatoms. The van der Waals surface area contributed by atoms with E-state index in [9.17, 15) is 9.90 Å². The van der Waals surface area contributed by atoms with Crippen LogP contribution in [0.25, 0.3) is 5.69 Å². The molecule has 130 valence electrons. The lowest BCUT2D eigenvalue weighted by Gasteiger charge is -2.19. The second-order valence-electron chi connectivity index (χ2n) is 6.08. The molecular formula is C18H26N4O2. The molecule has 0 saturated heterocycles. The van der Waals surface area contributed by atoms with Crippen LogP contribution in [0.5, 0.6) is 0 Å². The van der Waals surface area contributed by atoms with Gasteiger partial charge in [-0.1, -0.05) is 18.2 Å². The van der Waals surface area contributed by atoms with E-state index in [1.54, 1.807) is 14.0 Å². The number of aryl methyl sites for hydroxylation is 2. The minimum absolute atomic E-state index is 0.160. The van der Waals surface area contributed by atoms with Crippen LogP contribution < -0.4 is 5.32 Å². The fourth-order valence-electron chi connectivity index (χ4n) is 2.54. The van der Waals surface area contributed by atoms with Crippen molar-refractivity contribution >= 4 is 6.03 Å². The first-order valence-electron chi connectivity index (χ1n) is 8.25. The maximum Gasteiger partial charge on any atom is 0.317 e. The molecule has 0 bridgehead atoms. The number of benzene rings is 1. The number of rotatable bonds is 7. The van der Waals surface area contributed by atoms with Gasteiger partial charge in [-0.15, -0.1) is 0 Å². The van der Waals surface area contributed by atoms with Gasteiger partial charge in [0.2, 0.25) is 0 Å². The van der Waals surface area contributed by atoms with E-state index in [-0.39, 0.29) is 6.03 Å². The van der Waals surface area contributed by atoms with Crippen LogP contribution in [0.4, 0.5) is 4.79 Å². The molecule has 2 aromatic rings. The average molecular weight is 330 g/mol. The van der Waals surface area contributed by atoms with E-state index in [2.05, 4.69) is 10.4 Å². The number of hydrogen-bond acceptors (Lipinski definition) is 3. The second-order valence-corrected chi connectivity index (χ2v) is 6.08. The number of hydrogen-bond donors (Lipinski definition) is 2. The Kier molecular flexibility index (Phi) is 6.37. The minimum Gasteiger partial charge on any atom is -0.392 e. The molecule has 0 fully saturated rings. The molecular weight excluding hydrogens is 304 g/mol. The number of urea groups is 1. The van der Waals surface area contributed by atoms with Gasteiger partial charge in [0.05, 0.1) is 17.5 Å². The maximum absolute atomic E-state index is 11.8. The summed E-state index contributed by atoms with van der Waals surface area (Å²) in [5, 5.41) is 16.7. The first kappa shape index (κ1) is 18.0. The van der Waals surface area contributed by atoms with E-state index < -0.39 is 6.10 Å². The number of carbonyl (C=O) groups is 1. The van der Waals surface area contributed by atoms with Crippen molar-refractivity contribution in [2.24, 2.45) is 0 Å². The van der Waals surface area contributed by atoms with Crippen molar-refractivity contribution in [3.05, 3.63) is 47.8 Å². The van der Waals surface area contributed by atoms with Crippen LogP contribution >= 0.6 is 0 Å². The molecule has 0 aliphatic rings. The fourth-order valence-corrected chi connectivity index (χ4v) is 2.54. The molecule has 6 nitrogen and oxygen atoms in total. The second kappa shape index (κ2) is 8.49. The maximum atomic E-state index is 11.8. The lowest BCUT2D eigenvalue weighted by atomic mass is 10.1. The van der Waals surface area contributed by atoms with Crippen molar-refractivity contribution in [1.82, 2.24) is 20.0 Å². The number of carbonyl (C=O) groups excluding carboxylic acids is 1. The van der Waals surface area contributed by atoms with Crippen molar-refractivity contribution < 1.29 is 9.90 Å². The zero-order chi connectivity index (χ0) is 17.5. The summed E-state index contributed by atoms with van der Waals surface area (Å²) in [5.74, 6) is 0. The number of amides is 2. The van der Waals surface area contributed by atoms with E-state index in [0.717, 1.165) is 24.2 Å². The van der Waals surface area contributed by atoms with Gasteiger partial charge in [-0.3, -0.25) is 0 Å². The van der Waals surface area contributed by atoms with E-state index >= 15 is 0 Å². The Hall–Kier alpha value is -2.34. The number of aliphatic hydroxyl groups is 1.